The number of halogens is 3. The molecule has 0 fully saturated rings. The average molecular weight is 281 g/mol. The van der Waals surface area contributed by atoms with Gasteiger partial charge in [-0.05, 0) is 49.4 Å². The van der Waals surface area contributed by atoms with Crippen LogP contribution in [0.4, 0.5) is 13.2 Å². The second kappa shape index (κ2) is 4.94. The number of benzene rings is 1. The number of aromatic nitrogens is 2. The van der Waals surface area contributed by atoms with Crippen LogP contribution in [0.2, 0.25) is 0 Å². The molecule has 1 aromatic heterocycles. The summed E-state index contributed by atoms with van der Waals surface area (Å²) in [5, 5.41) is 4.13. The number of nitrogens with zero attached hydrogens (tertiary/aromatic N) is 2. The first-order chi connectivity index (χ1) is 9.63. The Labute approximate surface area is 114 Å². The van der Waals surface area contributed by atoms with E-state index in [4.69, 9.17) is 5.73 Å². The fourth-order valence-corrected chi connectivity index (χ4v) is 2.78. The van der Waals surface area contributed by atoms with Crippen molar-refractivity contribution in [2.45, 2.75) is 25.2 Å². The molecule has 1 aliphatic carbocycles. The summed E-state index contributed by atoms with van der Waals surface area (Å²) in [6, 6.07) is 2.11. The molecule has 1 heterocycles. The van der Waals surface area contributed by atoms with Gasteiger partial charge in [-0.3, -0.25) is 0 Å². The topological polar surface area (TPSA) is 43.8 Å². The van der Waals surface area contributed by atoms with Gasteiger partial charge in [0.05, 0.1) is 6.20 Å². The van der Waals surface area contributed by atoms with Gasteiger partial charge in [0, 0.05) is 5.69 Å². The van der Waals surface area contributed by atoms with Crippen LogP contribution >= 0.6 is 0 Å². The van der Waals surface area contributed by atoms with E-state index in [1.54, 1.807) is 6.20 Å². The number of rotatable bonds is 2. The zero-order valence-electron chi connectivity index (χ0n) is 10.7. The van der Waals surface area contributed by atoms with Gasteiger partial charge in [-0.1, -0.05) is 0 Å². The molecular formula is C14H14F3N3. The summed E-state index contributed by atoms with van der Waals surface area (Å²) in [5.41, 5.74) is 7.46. The molecule has 3 rings (SSSR count). The highest BCUT2D eigenvalue weighted by Crippen LogP contribution is 2.32. The second-order valence-electron chi connectivity index (χ2n) is 4.98. The van der Waals surface area contributed by atoms with Crippen molar-refractivity contribution in [3.63, 3.8) is 0 Å². The molecule has 3 nitrogen and oxygen atoms in total. The third-order valence-corrected chi connectivity index (χ3v) is 3.83. The van der Waals surface area contributed by atoms with Crippen LogP contribution in [0.1, 0.15) is 30.0 Å². The molecule has 2 aromatic rings. The maximum Gasteiger partial charge on any atom is 0.196 e. The van der Waals surface area contributed by atoms with Crippen molar-refractivity contribution >= 4 is 0 Å². The lowest BCUT2D eigenvalue weighted by molar-refractivity contribution is 0.442. The van der Waals surface area contributed by atoms with E-state index in [0.29, 0.717) is 6.54 Å². The molecule has 20 heavy (non-hydrogen) atoms. The van der Waals surface area contributed by atoms with Crippen LogP contribution < -0.4 is 5.73 Å². The Hall–Kier alpha value is -1.82. The molecule has 1 unspecified atom stereocenters. The molecule has 0 saturated carbocycles. The van der Waals surface area contributed by atoms with Gasteiger partial charge in [-0.2, -0.15) is 5.10 Å². The Morgan fingerprint density at radius 1 is 1.25 bits per heavy atom. The van der Waals surface area contributed by atoms with Gasteiger partial charge in [0.15, 0.2) is 17.5 Å². The van der Waals surface area contributed by atoms with E-state index < -0.39 is 17.5 Å². The minimum absolute atomic E-state index is 0.0668. The third kappa shape index (κ3) is 1.91. The molecule has 0 bridgehead atoms. The summed E-state index contributed by atoms with van der Waals surface area (Å²) in [5.74, 6) is -3.70. The molecule has 1 aromatic carbocycles. The highest BCUT2D eigenvalue weighted by Gasteiger charge is 2.25. The molecule has 0 aliphatic heterocycles. The maximum atomic E-state index is 13.9. The lowest BCUT2D eigenvalue weighted by atomic mass is 9.87. The van der Waals surface area contributed by atoms with Crippen LogP contribution in [0.5, 0.6) is 0 Å². The molecule has 106 valence electrons. The van der Waals surface area contributed by atoms with Crippen molar-refractivity contribution in [3.8, 4) is 5.69 Å². The largest absolute Gasteiger partial charge is 0.330 e. The van der Waals surface area contributed by atoms with Crippen LogP contribution in [0, 0.1) is 17.5 Å². The summed E-state index contributed by atoms with van der Waals surface area (Å²) in [6.07, 6.45) is 4.26. The van der Waals surface area contributed by atoms with Crippen molar-refractivity contribution < 1.29 is 13.2 Å². The van der Waals surface area contributed by atoms with Crippen molar-refractivity contribution in [2.24, 2.45) is 5.73 Å². The number of fused-ring (bicyclic) bond motifs is 1. The summed E-state index contributed by atoms with van der Waals surface area (Å²) in [7, 11) is 0. The van der Waals surface area contributed by atoms with Crippen LogP contribution in [0.3, 0.4) is 0 Å². The number of nitrogens with two attached hydrogens (primary N) is 1. The lowest BCUT2D eigenvalue weighted by Crippen LogP contribution is -2.19. The van der Waals surface area contributed by atoms with Gasteiger partial charge in [0.1, 0.15) is 5.69 Å². The maximum absolute atomic E-state index is 13.9. The summed E-state index contributed by atoms with van der Waals surface area (Å²) >= 11 is 0. The summed E-state index contributed by atoms with van der Waals surface area (Å²) < 4.78 is 41.6. The molecule has 0 spiro atoms. The quantitative estimate of drug-likeness (QED) is 0.860. The standard InChI is InChI=1S/C14H14F3N3/c15-10-4-5-12(14(17)13(10)16)20-11-3-1-2-8(6-18)9(11)7-19-20/h4-5,7-8H,1-3,6,18H2. The van der Waals surface area contributed by atoms with Gasteiger partial charge in [0.25, 0.3) is 0 Å². The van der Waals surface area contributed by atoms with Crippen LogP contribution in [0.15, 0.2) is 18.3 Å². The predicted octanol–water partition coefficient (Wildman–Crippen LogP) is 2.67. The zero-order chi connectivity index (χ0) is 14.3. The highest BCUT2D eigenvalue weighted by molar-refractivity contribution is 5.39. The van der Waals surface area contributed by atoms with Gasteiger partial charge >= 0.3 is 0 Å². The van der Waals surface area contributed by atoms with Gasteiger partial charge < -0.3 is 5.73 Å². The SMILES string of the molecule is NCC1CCCc2c1cnn2-c1ccc(F)c(F)c1F. The monoisotopic (exact) mass is 281 g/mol. The van der Waals surface area contributed by atoms with Crippen molar-refractivity contribution in [2.75, 3.05) is 6.54 Å². The zero-order valence-corrected chi connectivity index (χ0v) is 10.7. The Balaban J connectivity index is 2.13. The van der Waals surface area contributed by atoms with Gasteiger partial charge in [-0.15, -0.1) is 0 Å². The fraction of sp³-hybridized carbons (Fsp3) is 0.357. The minimum Gasteiger partial charge on any atom is -0.330 e. The first-order valence-corrected chi connectivity index (χ1v) is 6.54. The normalized spacial score (nSPS) is 18.1. The summed E-state index contributed by atoms with van der Waals surface area (Å²) in [4.78, 5) is 0. The van der Waals surface area contributed by atoms with Crippen molar-refractivity contribution in [1.82, 2.24) is 9.78 Å². The Bertz CT molecular complexity index is 651. The van der Waals surface area contributed by atoms with E-state index in [2.05, 4.69) is 5.10 Å². The molecule has 2 N–H and O–H groups in total. The average Bonchev–Trinajstić information content (AvgIpc) is 2.89. The van der Waals surface area contributed by atoms with Crippen LogP contribution in [0.25, 0.3) is 5.69 Å². The van der Waals surface area contributed by atoms with Crippen molar-refractivity contribution in [1.29, 1.82) is 0 Å². The molecule has 0 radical (unpaired) electrons. The van der Waals surface area contributed by atoms with E-state index in [1.165, 1.54) is 10.7 Å². The Kier molecular flexibility index (Phi) is 3.25. The van der Waals surface area contributed by atoms with E-state index in [-0.39, 0.29) is 11.6 Å². The smallest absolute Gasteiger partial charge is 0.196 e. The molecular weight excluding hydrogens is 267 g/mol. The first kappa shape index (κ1) is 13.2. The molecule has 1 atom stereocenters. The fourth-order valence-electron chi connectivity index (χ4n) is 2.78. The van der Waals surface area contributed by atoms with Crippen LogP contribution in [-0.2, 0) is 6.42 Å². The van der Waals surface area contributed by atoms with Gasteiger partial charge in [-0.25, -0.2) is 17.9 Å². The highest BCUT2D eigenvalue weighted by atomic mass is 19.2. The van der Waals surface area contributed by atoms with E-state index in [9.17, 15) is 13.2 Å². The minimum atomic E-state index is -1.47. The Morgan fingerprint density at radius 2 is 2.05 bits per heavy atom. The number of hydrogen-bond donors (Lipinski definition) is 1. The first-order valence-electron chi connectivity index (χ1n) is 6.54. The summed E-state index contributed by atoms with van der Waals surface area (Å²) in [6.45, 7) is 0.499. The number of hydrogen-bond acceptors (Lipinski definition) is 2. The van der Waals surface area contributed by atoms with Gasteiger partial charge in [0.2, 0.25) is 0 Å². The second-order valence-corrected chi connectivity index (χ2v) is 4.98. The predicted molar refractivity (Wildman–Crippen MR) is 68.2 cm³/mol. The lowest BCUT2D eigenvalue weighted by Gasteiger charge is -2.21. The molecule has 6 heteroatoms. The third-order valence-electron chi connectivity index (χ3n) is 3.83. The molecule has 0 amide bonds. The van der Waals surface area contributed by atoms with Crippen molar-refractivity contribution in [3.05, 3.63) is 47.0 Å². The van der Waals surface area contributed by atoms with Crippen LogP contribution in [-0.4, -0.2) is 16.3 Å². The van der Waals surface area contributed by atoms with E-state index in [1.807, 2.05) is 0 Å². The van der Waals surface area contributed by atoms with E-state index >= 15 is 0 Å². The van der Waals surface area contributed by atoms with E-state index in [0.717, 1.165) is 36.6 Å². The Morgan fingerprint density at radius 3 is 2.80 bits per heavy atom. The molecule has 0 saturated heterocycles. The molecule has 1 aliphatic rings.